The summed E-state index contributed by atoms with van der Waals surface area (Å²) in [6, 6.07) is 5.65. The van der Waals surface area contributed by atoms with Crippen molar-refractivity contribution in [1.29, 1.82) is 0 Å². The van der Waals surface area contributed by atoms with Crippen molar-refractivity contribution < 1.29 is 9.53 Å². The van der Waals surface area contributed by atoms with Crippen LogP contribution in [0, 0.1) is 0 Å². The van der Waals surface area contributed by atoms with Crippen LogP contribution in [0.15, 0.2) is 18.2 Å². The molecule has 94 valence electrons. The average molecular weight is 236 g/mol. The van der Waals surface area contributed by atoms with Crippen molar-refractivity contribution in [2.75, 3.05) is 30.4 Å². The van der Waals surface area contributed by atoms with Gasteiger partial charge in [-0.3, -0.25) is 4.79 Å². The number of anilines is 2. The fourth-order valence-electron chi connectivity index (χ4n) is 1.78. The molecule has 0 aliphatic carbocycles. The summed E-state index contributed by atoms with van der Waals surface area (Å²) in [6.07, 6.45) is 0. The number of rotatable bonds is 5. The summed E-state index contributed by atoms with van der Waals surface area (Å²) in [5.41, 5.74) is 1.80. The smallest absolute Gasteiger partial charge is 0.221 e. The van der Waals surface area contributed by atoms with Crippen molar-refractivity contribution in [3.63, 3.8) is 0 Å². The Hall–Kier alpha value is -1.71. The Morgan fingerprint density at radius 1 is 1.35 bits per heavy atom. The van der Waals surface area contributed by atoms with E-state index in [2.05, 4.69) is 24.1 Å². The van der Waals surface area contributed by atoms with Crippen molar-refractivity contribution >= 4 is 17.3 Å². The lowest BCUT2D eigenvalue weighted by molar-refractivity contribution is -0.114. The first kappa shape index (κ1) is 13.4. The van der Waals surface area contributed by atoms with E-state index in [1.54, 1.807) is 7.11 Å². The zero-order valence-electron chi connectivity index (χ0n) is 10.9. The van der Waals surface area contributed by atoms with Crippen LogP contribution in [0.1, 0.15) is 20.8 Å². The van der Waals surface area contributed by atoms with Crippen LogP contribution in [-0.4, -0.2) is 26.1 Å². The van der Waals surface area contributed by atoms with Crippen molar-refractivity contribution in [2.24, 2.45) is 0 Å². The summed E-state index contributed by atoms with van der Waals surface area (Å²) in [5, 5.41) is 2.78. The first-order valence-electron chi connectivity index (χ1n) is 5.82. The molecular weight excluding hydrogens is 216 g/mol. The lowest BCUT2D eigenvalue weighted by atomic mass is 10.2. The second-order valence-electron chi connectivity index (χ2n) is 3.74. The van der Waals surface area contributed by atoms with Crippen molar-refractivity contribution in [3.8, 4) is 5.75 Å². The maximum Gasteiger partial charge on any atom is 0.221 e. The molecule has 0 heterocycles. The molecule has 0 saturated heterocycles. The van der Waals surface area contributed by atoms with Gasteiger partial charge in [-0.05, 0) is 32.0 Å². The van der Waals surface area contributed by atoms with Crippen molar-refractivity contribution in [1.82, 2.24) is 0 Å². The van der Waals surface area contributed by atoms with E-state index >= 15 is 0 Å². The molecule has 4 heteroatoms. The Kier molecular flexibility index (Phi) is 4.82. The van der Waals surface area contributed by atoms with Crippen LogP contribution < -0.4 is 15.0 Å². The lowest BCUT2D eigenvalue weighted by Gasteiger charge is -2.24. The molecule has 17 heavy (non-hydrogen) atoms. The Balaban J connectivity index is 3.09. The zero-order chi connectivity index (χ0) is 12.8. The van der Waals surface area contributed by atoms with Gasteiger partial charge in [0.05, 0.1) is 12.8 Å². The maximum absolute atomic E-state index is 11.0. The number of methoxy groups -OCH3 is 1. The van der Waals surface area contributed by atoms with Gasteiger partial charge in [-0.2, -0.15) is 0 Å². The summed E-state index contributed by atoms with van der Waals surface area (Å²) >= 11 is 0. The van der Waals surface area contributed by atoms with E-state index in [1.807, 2.05) is 18.2 Å². The van der Waals surface area contributed by atoms with E-state index in [1.165, 1.54) is 6.92 Å². The normalized spacial score (nSPS) is 9.88. The SMILES string of the molecule is CCN(CC)c1cc(NC(C)=O)ccc1OC. The van der Waals surface area contributed by atoms with Crippen LogP contribution in [0.2, 0.25) is 0 Å². The highest BCUT2D eigenvalue weighted by molar-refractivity contribution is 5.89. The van der Waals surface area contributed by atoms with E-state index < -0.39 is 0 Å². The van der Waals surface area contributed by atoms with Gasteiger partial charge in [0.25, 0.3) is 0 Å². The van der Waals surface area contributed by atoms with E-state index in [-0.39, 0.29) is 5.91 Å². The maximum atomic E-state index is 11.0. The predicted octanol–water partition coefficient (Wildman–Crippen LogP) is 2.50. The van der Waals surface area contributed by atoms with Gasteiger partial charge in [0, 0.05) is 25.7 Å². The first-order valence-corrected chi connectivity index (χ1v) is 5.82. The highest BCUT2D eigenvalue weighted by Crippen LogP contribution is 2.31. The van der Waals surface area contributed by atoms with Crippen molar-refractivity contribution in [2.45, 2.75) is 20.8 Å². The van der Waals surface area contributed by atoms with Gasteiger partial charge < -0.3 is 15.0 Å². The van der Waals surface area contributed by atoms with Gasteiger partial charge in [-0.15, -0.1) is 0 Å². The Bertz CT molecular complexity index is 387. The minimum atomic E-state index is -0.0688. The van der Waals surface area contributed by atoms with Crippen LogP contribution in [0.4, 0.5) is 11.4 Å². The van der Waals surface area contributed by atoms with Gasteiger partial charge in [0.1, 0.15) is 5.75 Å². The number of hydrogen-bond acceptors (Lipinski definition) is 3. The zero-order valence-corrected chi connectivity index (χ0v) is 10.9. The molecular formula is C13H20N2O2. The molecule has 0 unspecified atom stereocenters. The molecule has 0 aliphatic rings. The monoisotopic (exact) mass is 236 g/mol. The van der Waals surface area contributed by atoms with E-state index in [0.717, 1.165) is 30.2 Å². The summed E-state index contributed by atoms with van der Waals surface area (Å²) in [7, 11) is 1.65. The fraction of sp³-hybridized carbons (Fsp3) is 0.462. The minimum absolute atomic E-state index is 0.0688. The van der Waals surface area contributed by atoms with E-state index in [0.29, 0.717) is 0 Å². The topological polar surface area (TPSA) is 41.6 Å². The molecule has 4 nitrogen and oxygen atoms in total. The summed E-state index contributed by atoms with van der Waals surface area (Å²) < 4.78 is 5.34. The quantitative estimate of drug-likeness (QED) is 0.854. The number of ether oxygens (including phenoxy) is 1. The Morgan fingerprint density at radius 3 is 2.47 bits per heavy atom. The number of carbonyl (C=O) groups excluding carboxylic acids is 1. The number of nitrogens with one attached hydrogen (secondary N) is 1. The summed E-state index contributed by atoms with van der Waals surface area (Å²) in [6.45, 7) is 7.48. The third-order valence-corrected chi connectivity index (χ3v) is 2.60. The molecule has 1 amide bonds. The van der Waals surface area contributed by atoms with Gasteiger partial charge in [-0.25, -0.2) is 0 Å². The van der Waals surface area contributed by atoms with Crippen LogP contribution in [-0.2, 0) is 4.79 Å². The molecule has 0 spiro atoms. The molecule has 0 bridgehead atoms. The van der Waals surface area contributed by atoms with E-state index in [9.17, 15) is 4.79 Å². The van der Waals surface area contributed by atoms with E-state index in [4.69, 9.17) is 4.74 Å². The molecule has 0 aromatic heterocycles. The molecule has 1 aromatic carbocycles. The van der Waals surface area contributed by atoms with Gasteiger partial charge in [-0.1, -0.05) is 0 Å². The molecule has 1 N–H and O–H groups in total. The molecule has 1 rings (SSSR count). The minimum Gasteiger partial charge on any atom is -0.495 e. The number of amides is 1. The summed E-state index contributed by atoms with van der Waals surface area (Å²) in [5.74, 6) is 0.753. The molecule has 0 aliphatic heterocycles. The van der Waals surface area contributed by atoms with Crippen LogP contribution >= 0.6 is 0 Å². The third-order valence-electron chi connectivity index (χ3n) is 2.60. The van der Waals surface area contributed by atoms with Gasteiger partial charge in [0.15, 0.2) is 0 Å². The second kappa shape index (κ2) is 6.13. The summed E-state index contributed by atoms with van der Waals surface area (Å²) in [4.78, 5) is 13.2. The third kappa shape index (κ3) is 3.37. The molecule has 0 radical (unpaired) electrons. The standard InChI is InChI=1S/C13H20N2O2/c1-5-15(6-2)12-9-11(14-10(3)16)7-8-13(12)17-4/h7-9H,5-6H2,1-4H3,(H,14,16). The predicted molar refractivity (Wildman–Crippen MR) is 70.9 cm³/mol. The Labute approximate surface area is 103 Å². The molecule has 0 atom stereocenters. The number of nitrogens with zero attached hydrogens (tertiary/aromatic N) is 1. The van der Waals surface area contributed by atoms with Crippen LogP contribution in [0.25, 0.3) is 0 Å². The highest BCUT2D eigenvalue weighted by atomic mass is 16.5. The van der Waals surface area contributed by atoms with Crippen LogP contribution in [0.5, 0.6) is 5.75 Å². The van der Waals surface area contributed by atoms with Gasteiger partial charge >= 0.3 is 0 Å². The number of carbonyl (C=O) groups is 1. The molecule has 1 aromatic rings. The first-order chi connectivity index (χ1) is 8.12. The van der Waals surface area contributed by atoms with Gasteiger partial charge in [0.2, 0.25) is 5.91 Å². The second-order valence-corrected chi connectivity index (χ2v) is 3.74. The Morgan fingerprint density at radius 2 is 2.00 bits per heavy atom. The number of benzene rings is 1. The molecule has 0 saturated carbocycles. The van der Waals surface area contributed by atoms with Crippen molar-refractivity contribution in [3.05, 3.63) is 18.2 Å². The fourth-order valence-corrected chi connectivity index (χ4v) is 1.78. The highest BCUT2D eigenvalue weighted by Gasteiger charge is 2.10. The lowest BCUT2D eigenvalue weighted by Crippen LogP contribution is -2.22. The average Bonchev–Trinajstić information content (AvgIpc) is 2.30. The molecule has 0 fully saturated rings. The van der Waals surface area contributed by atoms with Crippen LogP contribution in [0.3, 0.4) is 0 Å². The largest absolute Gasteiger partial charge is 0.495 e. The number of hydrogen-bond donors (Lipinski definition) is 1.